The highest BCUT2D eigenvalue weighted by molar-refractivity contribution is 6.00. The van der Waals surface area contributed by atoms with Gasteiger partial charge >= 0.3 is 0 Å². The maximum atomic E-state index is 13.3. The number of carbonyl (C=O) groups excluding carboxylic acids is 1. The van der Waals surface area contributed by atoms with Crippen LogP contribution in [0.4, 0.5) is 0 Å². The van der Waals surface area contributed by atoms with Crippen LogP contribution >= 0.6 is 0 Å². The molecule has 3 heterocycles. The summed E-state index contributed by atoms with van der Waals surface area (Å²) in [5.41, 5.74) is 2.94. The standard InChI is InChI=1S/C19H22N6O2/c1-2-17(26)16-10-13-11-24(8-5-9-25(13)23-16)19(27)15-7-4-3-6-14(15)18-20-12-21-22-18/h3-4,6-7,10,12,17,26H,2,5,8-9,11H2,1H3,(H,20,21,22). The maximum Gasteiger partial charge on any atom is 0.254 e. The number of rotatable bonds is 4. The number of aliphatic hydroxyl groups is 1. The summed E-state index contributed by atoms with van der Waals surface area (Å²) < 4.78 is 1.91. The Morgan fingerprint density at radius 1 is 1.33 bits per heavy atom. The lowest BCUT2D eigenvalue weighted by Crippen LogP contribution is -2.31. The van der Waals surface area contributed by atoms with Crippen LogP contribution in [0.3, 0.4) is 0 Å². The Balaban J connectivity index is 1.63. The SMILES string of the molecule is CCC(O)c1cc2n(n1)CCCN(C(=O)c1ccccc1-c1ncn[nH]1)C2. The normalized spacial score (nSPS) is 15.3. The first-order valence-electron chi connectivity index (χ1n) is 9.16. The van der Waals surface area contributed by atoms with E-state index in [0.717, 1.165) is 24.2 Å². The van der Waals surface area contributed by atoms with Gasteiger partial charge in [-0.05, 0) is 25.0 Å². The van der Waals surface area contributed by atoms with Gasteiger partial charge in [-0.15, -0.1) is 0 Å². The molecule has 1 aliphatic heterocycles. The topological polar surface area (TPSA) is 99.9 Å². The van der Waals surface area contributed by atoms with E-state index in [0.29, 0.717) is 36.6 Å². The van der Waals surface area contributed by atoms with Gasteiger partial charge in [-0.3, -0.25) is 14.6 Å². The number of benzene rings is 1. The van der Waals surface area contributed by atoms with E-state index in [9.17, 15) is 9.90 Å². The Bertz CT molecular complexity index is 934. The second kappa shape index (κ2) is 7.32. The van der Waals surface area contributed by atoms with Crippen molar-refractivity contribution in [2.45, 2.75) is 39.0 Å². The molecule has 0 saturated heterocycles. The number of aromatic amines is 1. The van der Waals surface area contributed by atoms with Crippen LogP contribution < -0.4 is 0 Å². The van der Waals surface area contributed by atoms with Crippen LogP contribution in [-0.4, -0.2) is 47.4 Å². The van der Waals surface area contributed by atoms with Crippen LogP contribution in [0.15, 0.2) is 36.7 Å². The van der Waals surface area contributed by atoms with E-state index in [1.54, 1.807) is 0 Å². The number of aromatic nitrogens is 5. The molecule has 0 spiro atoms. The number of nitrogens with zero attached hydrogens (tertiary/aromatic N) is 5. The van der Waals surface area contributed by atoms with E-state index in [1.165, 1.54) is 6.33 Å². The molecule has 8 nitrogen and oxygen atoms in total. The van der Waals surface area contributed by atoms with Crippen molar-refractivity contribution >= 4 is 5.91 Å². The third kappa shape index (κ3) is 3.35. The molecule has 8 heteroatoms. The number of nitrogens with one attached hydrogen (secondary N) is 1. The largest absolute Gasteiger partial charge is 0.387 e. The van der Waals surface area contributed by atoms with Gasteiger partial charge in [0.05, 0.1) is 29.6 Å². The first-order chi connectivity index (χ1) is 13.2. The Labute approximate surface area is 156 Å². The minimum atomic E-state index is -0.569. The molecule has 2 N–H and O–H groups in total. The predicted molar refractivity (Wildman–Crippen MR) is 98.7 cm³/mol. The Morgan fingerprint density at radius 2 is 2.19 bits per heavy atom. The molecule has 27 heavy (non-hydrogen) atoms. The molecule has 0 radical (unpaired) electrons. The van der Waals surface area contributed by atoms with Crippen LogP contribution in [0.2, 0.25) is 0 Å². The molecule has 0 saturated carbocycles. The molecule has 1 aromatic carbocycles. The van der Waals surface area contributed by atoms with E-state index < -0.39 is 6.10 Å². The fraction of sp³-hybridized carbons (Fsp3) is 0.368. The van der Waals surface area contributed by atoms with Gasteiger partial charge in [0.2, 0.25) is 0 Å². The first kappa shape index (κ1) is 17.4. The minimum Gasteiger partial charge on any atom is -0.387 e. The predicted octanol–water partition coefficient (Wildman–Crippen LogP) is 2.16. The third-order valence-corrected chi connectivity index (χ3v) is 4.88. The van der Waals surface area contributed by atoms with Gasteiger partial charge in [-0.1, -0.05) is 25.1 Å². The molecule has 1 amide bonds. The number of fused-ring (bicyclic) bond motifs is 1. The van der Waals surface area contributed by atoms with Crippen LogP contribution in [0.25, 0.3) is 11.4 Å². The van der Waals surface area contributed by atoms with Gasteiger partial charge in [0.15, 0.2) is 5.82 Å². The maximum absolute atomic E-state index is 13.3. The molecule has 1 atom stereocenters. The Kier molecular flexibility index (Phi) is 4.72. The monoisotopic (exact) mass is 366 g/mol. The number of amides is 1. The highest BCUT2D eigenvalue weighted by atomic mass is 16.3. The summed E-state index contributed by atoms with van der Waals surface area (Å²) in [4.78, 5) is 19.3. The van der Waals surface area contributed by atoms with Crippen LogP contribution in [0.1, 0.15) is 47.6 Å². The van der Waals surface area contributed by atoms with E-state index >= 15 is 0 Å². The highest BCUT2D eigenvalue weighted by Gasteiger charge is 2.25. The molecular formula is C19H22N6O2. The second-order valence-electron chi connectivity index (χ2n) is 6.67. The van der Waals surface area contributed by atoms with E-state index in [-0.39, 0.29) is 5.91 Å². The number of hydrogen-bond donors (Lipinski definition) is 2. The van der Waals surface area contributed by atoms with Crippen molar-refractivity contribution in [3.05, 3.63) is 53.6 Å². The van der Waals surface area contributed by atoms with Gasteiger partial charge in [0.25, 0.3) is 5.91 Å². The van der Waals surface area contributed by atoms with Gasteiger partial charge in [-0.25, -0.2) is 4.98 Å². The molecule has 0 fully saturated rings. The molecule has 1 aliphatic rings. The van der Waals surface area contributed by atoms with Crippen molar-refractivity contribution in [1.29, 1.82) is 0 Å². The molecule has 4 rings (SSSR count). The fourth-order valence-corrected chi connectivity index (χ4v) is 3.41. The summed E-state index contributed by atoms with van der Waals surface area (Å²) in [5, 5.41) is 21.3. The quantitative estimate of drug-likeness (QED) is 0.737. The smallest absolute Gasteiger partial charge is 0.254 e. The Morgan fingerprint density at radius 3 is 2.96 bits per heavy atom. The fourth-order valence-electron chi connectivity index (χ4n) is 3.41. The number of hydrogen-bond acceptors (Lipinski definition) is 5. The van der Waals surface area contributed by atoms with E-state index in [4.69, 9.17) is 0 Å². The van der Waals surface area contributed by atoms with Gasteiger partial charge in [0.1, 0.15) is 6.33 Å². The molecule has 2 aromatic heterocycles. The zero-order valence-electron chi connectivity index (χ0n) is 15.2. The number of aliphatic hydroxyl groups excluding tert-OH is 1. The van der Waals surface area contributed by atoms with Gasteiger partial charge < -0.3 is 10.0 Å². The zero-order valence-corrected chi connectivity index (χ0v) is 15.2. The summed E-state index contributed by atoms with van der Waals surface area (Å²) in [6.07, 6.45) is 2.29. The molecule has 0 aliphatic carbocycles. The molecule has 0 bridgehead atoms. The summed E-state index contributed by atoms with van der Waals surface area (Å²) in [5.74, 6) is 0.529. The van der Waals surface area contributed by atoms with Crippen LogP contribution in [-0.2, 0) is 13.1 Å². The Hall–Kier alpha value is -3.00. The van der Waals surface area contributed by atoms with Crippen molar-refractivity contribution < 1.29 is 9.90 Å². The number of aryl methyl sites for hydroxylation is 1. The van der Waals surface area contributed by atoms with Crippen molar-refractivity contribution in [1.82, 2.24) is 29.9 Å². The van der Waals surface area contributed by atoms with Crippen LogP contribution in [0.5, 0.6) is 0 Å². The summed E-state index contributed by atoms with van der Waals surface area (Å²) in [7, 11) is 0. The van der Waals surface area contributed by atoms with E-state index in [2.05, 4.69) is 20.3 Å². The molecule has 3 aromatic rings. The third-order valence-electron chi connectivity index (χ3n) is 4.88. The van der Waals surface area contributed by atoms with Gasteiger partial charge in [-0.2, -0.15) is 10.2 Å². The number of H-pyrrole nitrogens is 1. The van der Waals surface area contributed by atoms with Crippen molar-refractivity contribution in [2.24, 2.45) is 0 Å². The van der Waals surface area contributed by atoms with Crippen molar-refractivity contribution in [2.75, 3.05) is 6.54 Å². The second-order valence-corrected chi connectivity index (χ2v) is 6.67. The van der Waals surface area contributed by atoms with Crippen molar-refractivity contribution in [3.63, 3.8) is 0 Å². The lowest BCUT2D eigenvalue weighted by Gasteiger charge is -2.21. The zero-order chi connectivity index (χ0) is 18.8. The minimum absolute atomic E-state index is 0.0470. The van der Waals surface area contributed by atoms with E-state index in [1.807, 2.05) is 46.8 Å². The van der Waals surface area contributed by atoms with Crippen molar-refractivity contribution in [3.8, 4) is 11.4 Å². The summed E-state index contributed by atoms with van der Waals surface area (Å²) in [6, 6.07) is 9.32. The lowest BCUT2D eigenvalue weighted by atomic mass is 10.1. The first-order valence-corrected chi connectivity index (χ1v) is 9.16. The average molecular weight is 366 g/mol. The lowest BCUT2D eigenvalue weighted by molar-refractivity contribution is 0.0746. The summed E-state index contributed by atoms with van der Waals surface area (Å²) in [6.45, 7) is 3.77. The molecule has 140 valence electrons. The molecular weight excluding hydrogens is 344 g/mol. The molecule has 1 unspecified atom stereocenters. The summed E-state index contributed by atoms with van der Waals surface area (Å²) >= 11 is 0. The highest BCUT2D eigenvalue weighted by Crippen LogP contribution is 2.24. The number of carbonyl (C=O) groups is 1. The van der Waals surface area contributed by atoms with Crippen LogP contribution in [0, 0.1) is 0 Å². The average Bonchev–Trinajstić information content (AvgIpc) is 3.33. The van der Waals surface area contributed by atoms with Gasteiger partial charge in [0, 0.05) is 18.7 Å².